The van der Waals surface area contributed by atoms with Crippen LogP contribution in [-0.4, -0.2) is 39.3 Å². The Hall–Kier alpha value is 0.669. The van der Waals surface area contributed by atoms with Gasteiger partial charge in [-0.3, -0.25) is 4.18 Å². The van der Waals surface area contributed by atoms with Crippen molar-refractivity contribution < 1.29 is 17.2 Å². The molecule has 0 aromatic heterocycles. The molecular weight excluding hydrogens is 407 g/mol. The van der Waals surface area contributed by atoms with Crippen LogP contribution >= 0.6 is 0 Å². The van der Waals surface area contributed by atoms with Crippen LogP contribution in [0.4, 0.5) is 0 Å². The van der Waals surface area contributed by atoms with Gasteiger partial charge in [0.15, 0.2) is 0 Å². The molecule has 6 heteroatoms. The Morgan fingerprint density at radius 1 is 0.773 bits per heavy atom. The molecule has 0 spiro atoms. The Balaban J connectivity index is 0. The van der Waals surface area contributed by atoms with Crippen molar-refractivity contribution in [3.8, 4) is 0 Å². The van der Waals surface area contributed by atoms with Crippen molar-refractivity contribution in [1.29, 1.82) is 0 Å². The summed E-state index contributed by atoms with van der Waals surface area (Å²) in [7, 11) is -4.45. The molecule has 0 bridgehead atoms. The van der Waals surface area contributed by atoms with Gasteiger partial charge in [0.25, 0.3) is 0 Å². The number of unbranched alkanes of at least 4 members (excludes halogenated alkanes) is 4. The fraction of sp³-hybridized carbons (Fsp3) is 1.00. The van der Waals surface area contributed by atoms with E-state index in [-0.39, 0.29) is 6.61 Å². The van der Waals surface area contributed by atoms with Gasteiger partial charge in [-0.2, -0.15) is 0 Å². The second kappa shape index (κ2) is 18.0. The topological polar surface area (TPSA) is 66.4 Å². The standard InChI is InChI=1S/C4H10O4S.3C4H9.Sn/c1-2-3-4-8-9(5,6)7;3*1-3-4-2;/h2-4H2,1H3,(H,5,6,7);3*1,3-4H2,2H3;/q;;;;+1/p-1. The maximum absolute atomic E-state index is 9.73. The molecule has 134 valence electrons. The van der Waals surface area contributed by atoms with Crippen LogP contribution in [0.2, 0.25) is 13.3 Å². The maximum atomic E-state index is 9.73. The van der Waals surface area contributed by atoms with Crippen LogP contribution < -0.4 is 0 Å². The molecule has 0 fully saturated rings. The van der Waals surface area contributed by atoms with Crippen molar-refractivity contribution in [3.63, 3.8) is 0 Å². The molecule has 0 aromatic rings. The predicted molar refractivity (Wildman–Crippen MR) is 95.5 cm³/mol. The van der Waals surface area contributed by atoms with Gasteiger partial charge in [-0.25, -0.2) is 8.42 Å². The van der Waals surface area contributed by atoms with Gasteiger partial charge in [0.1, 0.15) is 0 Å². The molecule has 4 nitrogen and oxygen atoms in total. The van der Waals surface area contributed by atoms with E-state index in [2.05, 4.69) is 25.0 Å². The van der Waals surface area contributed by atoms with Crippen molar-refractivity contribution in [2.75, 3.05) is 6.61 Å². The summed E-state index contributed by atoms with van der Waals surface area (Å²) in [6, 6.07) is 0. The molecule has 0 rings (SSSR count). The SMILES string of the molecule is CCCCOS(=O)(=O)[O-].CCC[CH2][Sn+]([CH2]CCC)[CH2]CCC. The number of hydrogen-bond acceptors (Lipinski definition) is 4. The monoisotopic (exact) mass is 444 g/mol. The van der Waals surface area contributed by atoms with E-state index >= 15 is 0 Å². The van der Waals surface area contributed by atoms with Crippen molar-refractivity contribution in [3.05, 3.63) is 0 Å². The summed E-state index contributed by atoms with van der Waals surface area (Å²) >= 11 is -0.839. The van der Waals surface area contributed by atoms with Gasteiger partial charge in [-0.15, -0.1) is 0 Å². The van der Waals surface area contributed by atoms with E-state index in [1.807, 2.05) is 6.92 Å². The van der Waals surface area contributed by atoms with Crippen LogP contribution in [0.5, 0.6) is 0 Å². The molecule has 0 amide bonds. The molecule has 0 atom stereocenters. The predicted octanol–water partition coefficient (Wildman–Crippen LogP) is 5.14. The number of rotatable bonds is 13. The van der Waals surface area contributed by atoms with E-state index in [0.717, 1.165) is 6.42 Å². The van der Waals surface area contributed by atoms with E-state index in [1.165, 1.54) is 38.5 Å². The molecule has 0 aromatic carbocycles. The molecule has 0 heterocycles. The Kier molecular flexibility index (Phi) is 20.4. The molecule has 0 aliphatic carbocycles. The van der Waals surface area contributed by atoms with Gasteiger partial charge in [-0.1, -0.05) is 13.3 Å². The van der Waals surface area contributed by atoms with Gasteiger partial charge < -0.3 is 4.55 Å². The van der Waals surface area contributed by atoms with Crippen molar-refractivity contribution in [2.24, 2.45) is 0 Å². The van der Waals surface area contributed by atoms with Gasteiger partial charge >= 0.3 is 92.4 Å². The van der Waals surface area contributed by atoms with E-state index in [1.54, 1.807) is 13.3 Å². The van der Waals surface area contributed by atoms with Crippen LogP contribution in [-0.2, 0) is 14.6 Å². The molecule has 0 aliphatic rings. The van der Waals surface area contributed by atoms with E-state index in [9.17, 15) is 13.0 Å². The molecule has 0 radical (unpaired) electrons. The quantitative estimate of drug-likeness (QED) is 0.171. The molecular formula is C16H36O4SSn. The normalized spacial score (nSPS) is 11.0. The first-order valence-electron chi connectivity index (χ1n) is 8.84. The Morgan fingerprint density at radius 2 is 1.14 bits per heavy atom. The zero-order chi connectivity index (χ0) is 17.3. The average molecular weight is 443 g/mol. The Bertz CT molecular complexity index is 288. The van der Waals surface area contributed by atoms with Crippen LogP contribution in [0.15, 0.2) is 0 Å². The zero-order valence-corrected chi connectivity index (χ0v) is 18.7. The second-order valence-electron chi connectivity index (χ2n) is 5.64. The third-order valence-corrected chi connectivity index (χ3v) is 12.9. The summed E-state index contributed by atoms with van der Waals surface area (Å²) < 4.78 is 38.1. The molecule has 0 saturated heterocycles. The van der Waals surface area contributed by atoms with E-state index < -0.39 is 30.2 Å². The van der Waals surface area contributed by atoms with Crippen molar-refractivity contribution in [2.45, 2.75) is 92.4 Å². The average Bonchev–Trinajstić information content (AvgIpc) is 2.46. The first kappa shape index (κ1) is 24.9. The van der Waals surface area contributed by atoms with Crippen LogP contribution in [0.1, 0.15) is 79.1 Å². The fourth-order valence-electron chi connectivity index (χ4n) is 1.96. The first-order chi connectivity index (χ1) is 10.4. The minimum absolute atomic E-state index is 0.00231. The molecule has 0 N–H and O–H groups in total. The van der Waals surface area contributed by atoms with Crippen LogP contribution in [0.25, 0.3) is 0 Å². The van der Waals surface area contributed by atoms with Crippen LogP contribution in [0, 0.1) is 0 Å². The van der Waals surface area contributed by atoms with E-state index in [0.29, 0.717) is 6.42 Å². The van der Waals surface area contributed by atoms with Gasteiger partial charge in [0.05, 0.1) is 6.61 Å². The van der Waals surface area contributed by atoms with Gasteiger partial charge in [-0.05, 0) is 6.42 Å². The van der Waals surface area contributed by atoms with E-state index in [4.69, 9.17) is 0 Å². The molecule has 0 saturated carbocycles. The Morgan fingerprint density at radius 3 is 1.41 bits per heavy atom. The van der Waals surface area contributed by atoms with Crippen LogP contribution in [0.3, 0.4) is 0 Å². The third kappa shape index (κ3) is 22.9. The van der Waals surface area contributed by atoms with Gasteiger partial charge in [0.2, 0.25) is 10.4 Å². The summed E-state index contributed by atoms with van der Waals surface area (Å²) in [6.45, 7) is 8.88. The summed E-state index contributed by atoms with van der Waals surface area (Å²) in [4.78, 5) is 0. The molecule has 0 aliphatic heterocycles. The summed E-state index contributed by atoms with van der Waals surface area (Å²) in [5.74, 6) is 0. The first-order valence-corrected chi connectivity index (χ1v) is 16.2. The Labute approximate surface area is 146 Å². The second-order valence-corrected chi connectivity index (χ2v) is 15.3. The van der Waals surface area contributed by atoms with Gasteiger partial charge in [0, 0.05) is 0 Å². The number of hydrogen-bond donors (Lipinski definition) is 0. The summed E-state index contributed by atoms with van der Waals surface area (Å²) in [5.41, 5.74) is 0. The molecule has 22 heavy (non-hydrogen) atoms. The fourth-order valence-corrected chi connectivity index (χ4v) is 11.7. The minimum atomic E-state index is -4.45. The summed E-state index contributed by atoms with van der Waals surface area (Å²) in [6.07, 6.45) is 10.3. The third-order valence-electron chi connectivity index (χ3n) is 3.38. The zero-order valence-electron chi connectivity index (χ0n) is 15.0. The summed E-state index contributed by atoms with van der Waals surface area (Å²) in [5, 5.41) is 0. The van der Waals surface area contributed by atoms with Crippen molar-refractivity contribution in [1.82, 2.24) is 0 Å². The molecule has 0 unspecified atom stereocenters. The van der Waals surface area contributed by atoms with Crippen molar-refractivity contribution >= 4 is 30.2 Å².